The van der Waals surface area contributed by atoms with Crippen LogP contribution < -0.4 is 10.6 Å². The summed E-state index contributed by atoms with van der Waals surface area (Å²) in [5.74, 6) is 0. The molecule has 3 aromatic carbocycles. The average Bonchev–Trinajstić information content (AvgIpc) is 2.78. The molecule has 3 aromatic rings. The van der Waals surface area contributed by atoms with Gasteiger partial charge in [0.25, 0.3) is 0 Å². The highest BCUT2D eigenvalue weighted by Gasteiger charge is 2.37. The molecule has 0 bridgehead atoms. The number of alkyl halides is 6. The van der Waals surface area contributed by atoms with Gasteiger partial charge in [0.1, 0.15) is 0 Å². The Balaban J connectivity index is 1.96. The number of benzene rings is 3. The highest BCUT2D eigenvalue weighted by Crippen LogP contribution is 2.38. The van der Waals surface area contributed by atoms with Crippen molar-refractivity contribution in [1.82, 2.24) is 10.2 Å². The van der Waals surface area contributed by atoms with E-state index >= 15 is 0 Å². The second-order valence-corrected chi connectivity index (χ2v) is 8.51. The second-order valence-electron chi connectivity index (χ2n) is 8.10. The number of rotatable bonds is 6. The Kier molecular flexibility index (Phi) is 8.07. The van der Waals surface area contributed by atoms with Gasteiger partial charge < -0.3 is 15.5 Å². The zero-order valence-electron chi connectivity index (χ0n) is 18.8. The summed E-state index contributed by atoms with van der Waals surface area (Å²) in [7, 11) is 3.74. The van der Waals surface area contributed by atoms with Crippen molar-refractivity contribution >= 4 is 23.0 Å². The van der Waals surface area contributed by atoms with Crippen molar-refractivity contribution in [3.63, 3.8) is 0 Å². The Hall–Kier alpha value is -3.11. The molecular weight excluding hydrogens is 488 g/mol. The van der Waals surface area contributed by atoms with Crippen LogP contribution in [0.15, 0.2) is 78.9 Å². The molecule has 2 N–H and O–H groups in total. The van der Waals surface area contributed by atoms with E-state index in [4.69, 9.17) is 12.2 Å². The molecule has 186 valence electrons. The number of nitrogens with zero attached hydrogens (tertiary/aromatic N) is 1. The summed E-state index contributed by atoms with van der Waals surface area (Å²) in [4.78, 5) is 1.95. The third-order valence-electron chi connectivity index (χ3n) is 5.30. The minimum absolute atomic E-state index is 0.0753. The normalized spacial score (nSPS) is 13.9. The fourth-order valence-electron chi connectivity index (χ4n) is 3.78. The largest absolute Gasteiger partial charge is 0.416 e. The van der Waals surface area contributed by atoms with Crippen LogP contribution in [0.25, 0.3) is 0 Å². The number of hydrogen-bond acceptors (Lipinski definition) is 2. The van der Waals surface area contributed by atoms with Gasteiger partial charge in [-0.25, -0.2) is 0 Å². The molecule has 10 heteroatoms. The van der Waals surface area contributed by atoms with Crippen LogP contribution in [0.3, 0.4) is 0 Å². The van der Waals surface area contributed by atoms with Gasteiger partial charge in [-0.1, -0.05) is 60.7 Å². The van der Waals surface area contributed by atoms with E-state index in [9.17, 15) is 26.3 Å². The van der Waals surface area contributed by atoms with Crippen LogP contribution in [0.5, 0.6) is 0 Å². The molecule has 0 aliphatic heterocycles. The van der Waals surface area contributed by atoms with Crippen LogP contribution in [0, 0.1) is 0 Å². The lowest BCUT2D eigenvalue weighted by molar-refractivity contribution is -0.143. The first-order valence-corrected chi connectivity index (χ1v) is 10.9. The molecule has 0 aliphatic rings. The van der Waals surface area contributed by atoms with Crippen LogP contribution >= 0.6 is 12.2 Å². The number of thiocarbonyl (C=S) groups is 1. The zero-order valence-corrected chi connectivity index (χ0v) is 19.6. The van der Waals surface area contributed by atoms with Gasteiger partial charge in [0, 0.05) is 5.69 Å². The number of halogens is 6. The lowest BCUT2D eigenvalue weighted by Crippen LogP contribution is -2.40. The minimum atomic E-state index is -4.96. The van der Waals surface area contributed by atoms with Gasteiger partial charge in [0.15, 0.2) is 5.11 Å². The molecule has 0 fully saturated rings. The molecule has 1 unspecified atom stereocenters. The molecule has 3 rings (SSSR count). The minimum Gasteiger partial charge on any atom is -0.354 e. The molecule has 0 saturated carbocycles. The Bertz CT molecular complexity index is 1100. The molecule has 0 heterocycles. The van der Waals surface area contributed by atoms with Crippen molar-refractivity contribution in [2.45, 2.75) is 24.4 Å². The molecule has 0 aliphatic carbocycles. The summed E-state index contributed by atoms with van der Waals surface area (Å²) in [6, 6.07) is 19.3. The van der Waals surface area contributed by atoms with Crippen molar-refractivity contribution in [1.29, 1.82) is 0 Å². The third-order valence-corrected chi connectivity index (χ3v) is 5.52. The maximum absolute atomic E-state index is 13.2. The summed E-state index contributed by atoms with van der Waals surface area (Å²) in [5.41, 5.74) is -1.49. The molecule has 0 amide bonds. The van der Waals surface area contributed by atoms with E-state index in [1.807, 2.05) is 79.7 Å². The van der Waals surface area contributed by atoms with Gasteiger partial charge in [0.05, 0.1) is 23.2 Å². The molecule has 0 radical (unpaired) electrons. The van der Waals surface area contributed by atoms with Gasteiger partial charge in [-0.3, -0.25) is 0 Å². The average molecular weight is 512 g/mol. The zero-order chi connectivity index (χ0) is 25.8. The Morgan fingerprint density at radius 2 is 1.20 bits per heavy atom. The monoisotopic (exact) mass is 511 g/mol. The van der Waals surface area contributed by atoms with Crippen molar-refractivity contribution in [2.75, 3.05) is 19.4 Å². The smallest absolute Gasteiger partial charge is 0.354 e. The van der Waals surface area contributed by atoms with Crippen molar-refractivity contribution in [3.05, 3.63) is 101 Å². The molecule has 35 heavy (non-hydrogen) atoms. The van der Waals surface area contributed by atoms with Crippen LogP contribution in [-0.2, 0) is 12.4 Å². The first-order valence-electron chi connectivity index (χ1n) is 10.5. The fraction of sp³-hybridized carbons (Fsp3) is 0.240. The van der Waals surface area contributed by atoms with Crippen molar-refractivity contribution in [3.8, 4) is 0 Å². The molecule has 3 nitrogen and oxygen atoms in total. The second kappa shape index (κ2) is 10.7. The summed E-state index contributed by atoms with van der Waals surface area (Å²) in [5, 5.41) is 5.49. The lowest BCUT2D eigenvalue weighted by atomic mass is 9.92. The van der Waals surface area contributed by atoms with Crippen LogP contribution in [0.4, 0.5) is 32.0 Å². The first kappa shape index (κ1) is 26.5. The van der Waals surface area contributed by atoms with Crippen LogP contribution in [0.1, 0.15) is 34.3 Å². The van der Waals surface area contributed by atoms with Gasteiger partial charge in [-0.05, 0) is 55.6 Å². The Morgan fingerprint density at radius 1 is 0.743 bits per heavy atom. The van der Waals surface area contributed by atoms with Crippen molar-refractivity contribution in [2.24, 2.45) is 0 Å². The van der Waals surface area contributed by atoms with Gasteiger partial charge in [-0.15, -0.1) is 0 Å². The highest BCUT2D eigenvalue weighted by atomic mass is 32.1. The van der Waals surface area contributed by atoms with E-state index in [0.29, 0.717) is 12.1 Å². The van der Waals surface area contributed by atoms with E-state index in [2.05, 4.69) is 10.6 Å². The van der Waals surface area contributed by atoms with Crippen LogP contribution in [0.2, 0.25) is 0 Å². The third kappa shape index (κ3) is 6.95. The maximum Gasteiger partial charge on any atom is 0.416 e. The number of anilines is 1. The molecule has 0 saturated heterocycles. The SMILES string of the molecule is CN(C)C(c1ccccc1)[C@H](NC(=S)Nc1cc(C(F)(F)F)cc(C(F)(F)F)c1)c1ccccc1. The molecular formula is C25H23F6N3S. The molecule has 0 aromatic heterocycles. The topological polar surface area (TPSA) is 27.3 Å². The maximum atomic E-state index is 13.2. The van der Waals surface area contributed by atoms with E-state index in [-0.39, 0.29) is 17.2 Å². The van der Waals surface area contributed by atoms with Crippen LogP contribution in [-0.4, -0.2) is 24.1 Å². The number of likely N-dealkylation sites (N-methyl/N-ethyl adjacent to an activating group) is 1. The van der Waals surface area contributed by atoms with Crippen molar-refractivity contribution < 1.29 is 26.3 Å². The van der Waals surface area contributed by atoms with E-state index in [1.54, 1.807) is 0 Å². The lowest BCUT2D eigenvalue weighted by Gasteiger charge is -2.34. The van der Waals surface area contributed by atoms with E-state index in [0.717, 1.165) is 11.1 Å². The summed E-state index contributed by atoms with van der Waals surface area (Å²) in [6.45, 7) is 0. The summed E-state index contributed by atoms with van der Waals surface area (Å²) < 4.78 is 79.4. The van der Waals surface area contributed by atoms with Gasteiger partial charge in [0.2, 0.25) is 0 Å². The predicted octanol–water partition coefficient (Wildman–Crippen LogP) is 7.05. The predicted molar refractivity (Wildman–Crippen MR) is 128 cm³/mol. The quantitative estimate of drug-likeness (QED) is 0.274. The molecule has 0 spiro atoms. The molecule has 2 atom stereocenters. The Morgan fingerprint density at radius 3 is 1.63 bits per heavy atom. The Labute approximate surface area is 204 Å². The fourth-order valence-corrected chi connectivity index (χ4v) is 4.02. The van der Waals surface area contributed by atoms with E-state index < -0.39 is 35.2 Å². The summed E-state index contributed by atoms with van der Waals surface area (Å²) in [6.07, 6.45) is -9.91. The van der Waals surface area contributed by atoms with E-state index in [1.165, 1.54) is 0 Å². The van der Waals surface area contributed by atoms with Gasteiger partial charge >= 0.3 is 12.4 Å². The summed E-state index contributed by atoms with van der Waals surface area (Å²) >= 11 is 5.34. The first-order chi connectivity index (χ1) is 16.4. The number of hydrogen-bond donors (Lipinski definition) is 2. The highest BCUT2D eigenvalue weighted by molar-refractivity contribution is 7.80. The standard InChI is InChI=1S/C25H23F6N3S/c1-34(2)22(17-11-7-4-8-12-17)21(16-9-5-3-6-10-16)33-23(35)32-20-14-18(24(26,27)28)13-19(15-20)25(29,30)31/h3-15,21-22H,1-2H3,(H2,32,33,35)/t21-,22?/m1/s1. The number of nitrogens with one attached hydrogen (secondary N) is 2. The van der Waals surface area contributed by atoms with Gasteiger partial charge in [-0.2, -0.15) is 26.3 Å².